The zero-order valence-electron chi connectivity index (χ0n) is 11.3. The van der Waals surface area contributed by atoms with Crippen LogP contribution in [0.5, 0.6) is 0 Å². The second-order valence-electron chi connectivity index (χ2n) is 4.13. The van der Waals surface area contributed by atoms with E-state index in [0.717, 1.165) is 0 Å². The minimum atomic E-state index is -0.331. The Hall–Kier alpha value is -2.36. The molecule has 2 N–H and O–H groups in total. The Bertz CT molecular complexity index is 715. The smallest absolute Gasteiger partial charge is 0.258 e. The molecular weight excluding hydrogens is 292 g/mol. The van der Waals surface area contributed by atoms with E-state index >= 15 is 0 Å². The summed E-state index contributed by atoms with van der Waals surface area (Å²) in [5, 5.41) is 15.5. The average molecular weight is 305 g/mol. The molecule has 2 aromatic rings. The highest BCUT2D eigenvalue weighted by Gasteiger charge is 2.10. The number of benzene rings is 1. The summed E-state index contributed by atoms with van der Waals surface area (Å²) in [6.07, 6.45) is 1.73. The van der Waals surface area contributed by atoms with Gasteiger partial charge in [0, 0.05) is 24.6 Å². The van der Waals surface area contributed by atoms with Gasteiger partial charge in [-0.1, -0.05) is 23.4 Å². The fourth-order valence-corrected chi connectivity index (χ4v) is 1.78. The summed E-state index contributed by atoms with van der Waals surface area (Å²) in [5.41, 5.74) is 1.01. The van der Waals surface area contributed by atoms with Crippen molar-refractivity contribution in [3.63, 3.8) is 0 Å². The Morgan fingerprint density at radius 2 is 2.33 bits per heavy atom. The molecular formula is C14H13ClN4O2. The molecule has 108 valence electrons. The molecule has 2 rings (SSSR count). The molecule has 0 fully saturated rings. The van der Waals surface area contributed by atoms with E-state index in [4.69, 9.17) is 16.7 Å². The first-order valence-corrected chi connectivity index (χ1v) is 6.54. The molecule has 0 aliphatic carbocycles. The number of hydrogen-bond donors (Lipinski definition) is 2. The maximum Gasteiger partial charge on any atom is 0.258 e. The Morgan fingerprint density at radius 1 is 1.52 bits per heavy atom. The van der Waals surface area contributed by atoms with Crippen molar-refractivity contribution < 1.29 is 9.90 Å². The number of rotatable bonds is 3. The van der Waals surface area contributed by atoms with Gasteiger partial charge >= 0.3 is 0 Å². The number of halogens is 1. The van der Waals surface area contributed by atoms with E-state index in [1.54, 1.807) is 19.2 Å². The molecule has 7 heteroatoms. The van der Waals surface area contributed by atoms with Crippen LogP contribution in [-0.2, 0) is 7.05 Å². The molecule has 1 aromatic heterocycles. The number of aliphatic hydroxyl groups excluding tert-OH is 1. The molecule has 0 aliphatic rings. The maximum atomic E-state index is 12.1. The highest BCUT2D eigenvalue weighted by Crippen LogP contribution is 2.17. The lowest BCUT2D eigenvalue weighted by Crippen LogP contribution is -2.15. The van der Waals surface area contributed by atoms with Gasteiger partial charge in [-0.05, 0) is 18.2 Å². The first-order chi connectivity index (χ1) is 10.1. The van der Waals surface area contributed by atoms with Crippen LogP contribution < -0.4 is 5.32 Å². The van der Waals surface area contributed by atoms with Crippen molar-refractivity contribution in [2.75, 3.05) is 11.9 Å². The second-order valence-corrected chi connectivity index (χ2v) is 4.54. The Labute approximate surface area is 126 Å². The Kier molecular flexibility index (Phi) is 4.93. The standard InChI is InChI=1S/C14H13ClN4O2/c1-19-14(16-9-17-19)18-13(21)11-6-5-10(12(15)8-11)4-2-3-7-20/h5-6,8-9,20H,3,7H2,1H3,(H,16,17,18,21). The van der Waals surface area contributed by atoms with Gasteiger partial charge < -0.3 is 5.11 Å². The zero-order chi connectivity index (χ0) is 15.2. The molecule has 0 bridgehead atoms. The van der Waals surface area contributed by atoms with E-state index in [2.05, 4.69) is 27.2 Å². The summed E-state index contributed by atoms with van der Waals surface area (Å²) < 4.78 is 1.45. The van der Waals surface area contributed by atoms with Gasteiger partial charge in [0.1, 0.15) is 6.33 Å². The van der Waals surface area contributed by atoms with Crippen molar-refractivity contribution in [1.82, 2.24) is 14.8 Å². The zero-order valence-corrected chi connectivity index (χ0v) is 12.1. The summed E-state index contributed by atoms with van der Waals surface area (Å²) in [6.45, 7) is 0.00279. The lowest BCUT2D eigenvalue weighted by atomic mass is 10.1. The van der Waals surface area contributed by atoms with Gasteiger partial charge in [-0.15, -0.1) is 0 Å². The molecule has 0 aliphatic heterocycles. The van der Waals surface area contributed by atoms with Gasteiger partial charge in [-0.2, -0.15) is 10.1 Å². The quantitative estimate of drug-likeness (QED) is 0.841. The lowest BCUT2D eigenvalue weighted by Gasteiger charge is -2.05. The lowest BCUT2D eigenvalue weighted by molar-refractivity contribution is 0.102. The Balaban J connectivity index is 2.15. The van der Waals surface area contributed by atoms with Crippen LogP contribution in [0.15, 0.2) is 24.5 Å². The molecule has 0 atom stereocenters. The van der Waals surface area contributed by atoms with Gasteiger partial charge in [0.2, 0.25) is 5.95 Å². The SMILES string of the molecule is Cn1ncnc1NC(=O)c1ccc(C#CCCO)c(Cl)c1. The summed E-state index contributed by atoms with van der Waals surface area (Å²) in [7, 11) is 1.68. The summed E-state index contributed by atoms with van der Waals surface area (Å²) in [4.78, 5) is 16.0. The molecule has 1 aromatic carbocycles. The third-order valence-electron chi connectivity index (χ3n) is 2.63. The van der Waals surface area contributed by atoms with Gasteiger partial charge in [0.15, 0.2) is 0 Å². The third kappa shape index (κ3) is 3.81. The van der Waals surface area contributed by atoms with Crippen LogP contribution in [0, 0.1) is 11.8 Å². The van der Waals surface area contributed by atoms with Gasteiger partial charge in [-0.25, -0.2) is 4.68 Å². The topological polar surface area (TPSA) is 80.0 Å². The number of anilines is 1. The molecule has 0 saturated heterocycles. The minimum absolute atomic E-state index is 0.00279. The van der Waals surface area contributed by atoms with E-state index in [0.29, 0.717) is 28.5 Å². The van der Waals surface area contributed by atoms with Crippen molar-refractivity contribution in [2.24, 2.45) is 7.05 Å². The number of amides is 1. The number of aromatic nitrogens is 3. The van der Waals surface area contributed by atoms with Crippen LogP contribution in [-0.4, -0.2) is 32.4 Å². The summed E-state index contributed by atoms with van der Waals surface area (Å²) >= 11 is 6.09. The second kappa shape index (κ2) is 6.88. The highest BCUT2D eigenvalue weighted by atomic mass is 35.5. The number of nitrogens with one attached hydrogen (secondary N) is 1. The van der Waals surface area contributed by atoms with Crippen molar-refractivity contribution in [3.8, 4) is 11.8 Å². The van der Waals surface area contributed by atoms with Gasteiger partial charge in [0.25, 0.3) is 5.91 Å². The number of carbonyl (C=O) groups is 1. The monoisotopic (exact) mass is 304 g/mol. The number of aliphatic hydroxyl groups is 1. The molecule has 0 spiro atoms. The number of aryl methyl sites for hydroxylation is 1. The number of hydrogen-bond acceptors (Lipinski definition) is 4. The van der Waals surface area contributed by atoms with Crippen LogP contribution in [0.4, 0.5) is 5.95 Å². The van der Waals surface area contributed by atoms with Gasteiger partial charge in [-0.3, -0.25) is 10.1 Å². The van der Waals surface area contributed by atoms with Gasteiger partial charge in [0.05, 0.1) is 11.6 Å². The normalized spacial score (nSPS) is 9.86. The predicted octanol–water partition coefficient (Wildman–Crippen LogP) is 1.45. The highest BCUT2D eigenvalue weighted by molar-refractivity contribution is 6.32. The van der Waals surface area contributed by atoms with Crippen molar-refractivity contribution in [1.29, 1.82) is 0 Å². The Morgan fingerprint density at radius 3 is 2.95 bits per heavy atom. The predicted molar refractivity (Wildman–Crippen MR) is 79.0 cm³/mol. The van der Waals surface area contributed by atoms with Crippen molar-refractivity contribution >= 4 is 23.5 Å². The molecule has 21 heavy (non-hydrogen) atoms. The fourth-order valence-electron chi connectivity index (χ4n) is 1.55. The van der Waals surface area contributed by atoms with E-state index in [9.17, 15) is 4.79 Å². The van der Waals surface area contributed by atoms with Crippen LogP contribution in [0.2, 0.25) is 5.02 Å². The van der Waals surface area contributed by atoms with Crippen LogP contribution in [0.1, 0.15) is 22.3 Å². The number of carbonyl (C=O) groups excluding carboxylic acids is 1. The fraction of sp³-hybridized carbons (Fsp3) is 0.214. The van der Waals surface area contributed by atoms with Crippen LogP contribution in [0.3, 0.4) is 0 Å². The maximum absolute atomic E-state index is 12.1. The van der Waals surface area contributed by atoms with E-state index in [1.165, 1.54) is 17.1 Å². The summed E-state index contributed by atoms with van der Waals surface area (Å²) in [5.74, 6) is 5.63. The minimum Gasteiger partial charge on any atom is -0.395 e. The molecule has 0 radical (unpaired) electrons. The van der Waals surface area contributed by atoms with E-state index in [1.807, 2.05) is 0 Å². The van der Waals surface area contributed by atoms with Crippen LogP contribution in [0.25, 0.3) is 0 Å². The molecule has 0 saturated carbocycles. The molecule has 1 heterocycles. The molecule has 6 nitrogen and oxygen atoms in total. The van der Waals surface area contributed by atoms with Crippen LogP contribution >= 0.6 is 11.6 Å². The first kappa shape index (κ1) is 15.0. The average Bonchev–Trinajstić information content (AvgIpc) is 2.86. The van der Waals surface area contributed by atoms with E-state index in [-0.39, 0.29) is 12.5 Å². The first-order valence-electron chi connectivity index (χ1n) is 6.16. The third-order valence-corrected chi connectivity index (χ3v) is 2.94. The number of nitrogens with zero attached hydrogens (tertiary/aromatic N) is 3. The van der Waals surface area contributed by atoms with Crippen molar-refractivity contribution in [3.05, 3.63) is 40.7 Å². The van der Waals surface area contributed by atoms with E-state index < -0.39 is 0 Å². The van der Waals surface area contributed by atoms with Crippen molar-refractivity contribution in [2.45, 2.75) is 6.42 Å². The molecule has 1 amide bonds. The largest absolute Gasteiger partial charge is 0.395 e. The molecule has 0 unspecified atom stereocenters. The summed E-state index contributed by atoms with van der Waals surface area (Å²) in [6, 6.07) is 4.83.